The number of carbonyl (C=O) groups is 3. The third kappa shape index (κ3) is 4.20. The first-order chi connectivity index (χ1) is 12.3. The number of ether oxygens (including phenoxy) is 3. The third-order valence-electron chi connectivity index (χ3n) is 5.71. The standard InChI is InChI=1S/C19H32N2O6/c1-10(25-7)13(20-17(24)27-18(2,3)4)15(22)21-9-11-12(19(11,5)6)14(21)16(23)26-8/h10-14H,9H2,1-8H3,(H,20,24)/t10-,11+,12+,13+,14+/m1/s1. The van der Waals surface area contributed by atoms with E-state index in [0.717, 1.165) is 0 Å². The quantitative estimate of drug-likeness (QED) is 0.723. The molecule has 1 aliphatic heterocycles. The molecule has 1 heterocycles. The van der Waals surface area contributed by atoms with E-state index in [1.54, 1.807) is 27.7 Å². The van der Waals surface area contributed by atoms with E-state index in [9.17, 15) is 14.4 Å². The Hall–Kier alpha value is -1.83. The largest absolute Gasteiger partial charge is 0.467 e. The van der Waals surface area contributed by atoms with Gasteiger partial charge in [0.25, 0.3) is 0 Å². The number of piperidine rings is 1. The Kier molecular flexibility index (Phi) is 5.80. The van der Waals surface area contributed by atoms with Crippen LogP contribution in [-0.4, -0.2) is 67.4 Å². The molecule has 0 aromatic carbocycles. The maximum Gasteiger partial charge on any atom is 0.408 e. The van der Waals surface area contributed by atoms with Gasteiger partial charge < -0.3 is 24.4 Å². The highest BCUT2D eigenvalue weighted by molar-refractivity contribution is 5.91. The van der Waals surface area contributed by atoms with Gasteiger partial charge in [-0.1, -0.05) is 13.8 Å². The van der Waals surface area contributed by atoms with Crippen LogP contribution < -0.4 is 5.32 Å². The molecule has 2 rings (SSSR count). The second kappa shape index (κ2) is 7.30. The number of fused-ring (bicyclic) bond motifs is 1. The zero-order valence-corrected chi connectivity index (χ0v) is 17.5. The number of nitrogens with zero attached hydrogens (tertiary/aromatic N) is 1. The van der Waals surface area contributed by atoms with E-state index < -0.39 is 35.9 Å². The average Bonchev–Trinajstić information content (AvgIpc) is 2.93. The normalized spacial score (nSPS) is 28.0. The van der Waals surface area contributed by atoms with Crippen molar-refractivity contribution in [1.29, 1.82) is 0 Å². The maximum atomic E-state index is 13.2. The van der Waals surface area contributed by atoms with Crippen LogP contribution in [0.25, 0.3) is 0 Å². The Morgan fingerprint density at radius 1 is 1.19 bits per heavy atom. The second-order valence-electron chi connectivity index (χ2n) is 8.98. The highest BCUT2D eigenvalue weighted by Gasteiger charge is 2.70. The topological polar surface area (TPSA) is 94.2 Å². The van der Waals surface area contributed by atoms with Gasteiger partial charge in [-0.25, -0.2) is 9.59 Å². The lowest BCUT2D eigenvalue weighted by Crippen LogP contribution is -2.58. The molecule has 0 bridgehead atoms. The average molecular weight is 384 g/mol. The summed E-state index contributed by atoms with van der Waals surface area (Å²) >= 11 is 0. The van der Waals surface area contributed by atoms with Crippen molar-refractivity contribution >= 4 is 18.0 Å². The minimum atomic E-state index is -0.961. The highest BCUT2D eigenvalue weighted by Crippen LogP contribution is 2.65. The Labute approximate surface area is 160 Å². The van der Waals surface area contributed by atoms with Gasteiger partial charge in [0.15, 0.2) is 0 Å². The summed E-state index contributed by atoms with van der Waals surface area (Å²) in [4.78, 5) is 39.3. The van der Waals surface area contributed by atoms with Crippen LogP contribution in [0.1, 0.15) is 41.5 Å². The van der Waals surface area contributed by atoms with Crippen molar-refractivity contribution in [3.05, 3.63) is 0 Å². The second-order valence-corrected chi connectivity index (χ2v) is 8.98. The van der Waals surface area contributed by atoms with Crippen LogP contribution in [0.2, 0.25) is 0 Å². The van der Waals surface area contributed by atoms with E-state index in [-0.39, 0.29) is 23.2 Å². The Morgan fingerprint density at radius 3 is 2.26 bits per heavy atom. The molecule has 1 aliphatic carbocycles. The molecule has 0 unspecified atom stereocenters. The summed E-state index contributed by atoms with van der Waals surface area (Å²) in [5.74, 6) is -0.490. The molecule has 0 radical (unpaired) electrons. The van der Waals surface area contributed by atoms with E-state index >= 15 is 0 Å². The van der Waals surface area contributed by atoms with Crippen LogP contribution in [0.3, 0.4) is 0 Å². The summed E-state index contributed by atoms with van der Waals surface area (Å²) < 4.78 is 15.5. The number of nitrogens with one attached hydrogen (secondary N) is 1. The number of hydrogen-bond donors (Lipinski definition) is 1. The minimum absolute atomic E-state index is 0.00337. The fourth-order valence-corrected chi connectivity index (χ4v) is 4.03. The summed E-state index contributed by atoms with van der Waals surface area (Å²) in [5.41, 5.74) is -0.696. The summed E-state index contributed by atoms with van der Waals surface area (Å²) in [6.07, 6.45) is -1.29. The van der Waals surface area contributed by atoms with Gasteiger partial charge in [-0.15, -0.1) is 0 Å². The lowest BCUT2D eigenvalue weighted by Gasteiger charge is -2.34. The summed E-state index contributed by atoms with van der Waals surface area (Å²) in [5, 5.41) is 2.60. The van der Waals surface area contributed by atoms with Gasteiger partial charge in [0.1, 0.15) is 17.7 Å². The van der Waals surface area contributed by atoms with Crippen LogP contribution in [0, 0.1) is 17.3 Å². The van der Waals surface area contributed by atoms with E-state index in [0.29, 0.717) is 6.54 Å². The van der Waals surface area contributed by atoms with E-state index in [1.165, 1.54) is 19.1 Å². The molecule has 0 spiro atoms. The number of methoxy groups -OCH3 is 2. The number of likely N-dealkylation sites (tertiary alicyclic amines) is 1. The molecule has 2 amide bonds. The van der Waals surface area contributed by atoms with Crippen molar-refractivity contribution in [3.8, 4) is 0 Å². The predicted molar refractivity (Wildman–Crippen MR) is 97.9 cm³/mol. The lowest BCUT2D eigenvalue weighted by molar-refractivity contribution is -0.154. The first-order valence-corrected chi connectivity index (χ1v) is 9.25. The Balaban J connectivity index is 2.19. The van der Waals surface area contributed by atoms with Crippen LogP contribution in [0.5, 0.6) is 0 Å². The predicted octanol–water partition coefficient (Wildman–Crippen LogP) is 1.57. The SMILES string of the molecule is COC(=O)[C@@H]1[C@@H]2[C@H](CN1C(=O)[C@@H](NC(=O)OC(C)(C)C)[C@@H](C)OC)C2(C)C. The Bertz CT molecular complexity index is 612. The molecule has 27 heavy (non-hydrogen) atoms. The summed E-state index contributed by atoms with van der Waals surface area (Å²) in [6.45, 7) is 11.6. The smallest absolute Gasteiger partial charge is 0.408 e. The third-order valence-corrected chi connectivity index (χ3v) is 5.71. The lowest BCUT2D eigenvalue weighted by atomic mass is 10.00. The minimum Gasteiger partial charge on any atom is -0.467 e. The van der Waals surface area contributed by atoms with Crippen molar-refractivity contribution in [2.75, 3.05) is 20.8 Å². The molecule has 1 N–H and O–H groups in total. The van der Waals surface area contributed by atoms with E-state index in [2.05, 4.69) is 19.2 Å². The molecule has 1 saturated carbocycles. The van der Waals surface area contributed by atoms with Gasteiger partial charge in [-0.3, -0.25) is 4.79 Å². The first-order valence-electron chi connectivity index (χ1n) is 9.25. The number of amides is 2. The van der Waals surface area contributed by atoms with Crippen molar-refractivity contribution in [1.82, 2.24) is 10.2 Å². The zero-order valence-electron chi connectivity index (χ0n) is 17.5. The molecule has 2 fully saturated rings. The van der Waals surface area contributed by atoms with Crippen molar-refractivity contribution in [3.63, 3.8) is 0 Å². The molecule has 8 nitrogen and oxygen atoms in total. The Morgan fingerprint density at radius 2 is 1.78 bits per heavy atom. The van der Waals surface area contributed by atoms with Crippen molar-refractivity contribution < 1.29 is 28.6 Å². The van der Waals surface area contributed by atoms with Gasteiger partial charge >= 0.3 is 12.1 Å². The van der Waals surface area contributed by atoms with Gasteiger partial charge in [0.05, 0.1) is 13.2 Å². The maximum absolute atomic E-state index is 13.2. The number of hydrogen-bond acceptors (Lipinski definition) is 6. The monoisotopic (exact) mass is 384 g/mol. The molecule has 154 valence electrons. The molecule has 5 atom stereocenters. The zero-order chi connectivity index (χ0) is 20.7. The van der Waals surface area contributed by atoms with E-state index in [4.69, 9.17) is 14.2 Å². The molecule has 0 aromatic heterocycles. The number of rotatable bonds is 5. The summed E-state index contributed by atoms with van der Waals surface area (Å²) in [7, 11) is 2.78. The molecule has 1 saturated heterocycles. The van der Waals surface area contributed by atoms with Gasteiger partial charge in [-0.05, 0) is 39.0 Å². The van der Waals surface area contributed by atoms with Crippen LogP contribution >= 0.6 is 0 Å². The molecule has 2 aliphatic rings. The number of esters is 1. The van der Waals surface area contributed by atoms with Crippen molar-refractivity contribution in [2.24, 2.45) is 17.3 Å². The summed E-state index contributed by atoms with van der Waals surface area (Å²) in [6, 6.07) is -1.60. The van der Waals surface area contributed by atoms with Gasteiger partial charge in [0, 0.05) is 19.6 Å². The molecular weight excluding hydrogens is 352 g/mol. The first kappa shape index (κ1) is 21.5. The fourth-order valence-electron chi connectivity index (χ4n) is 4.03. The van der Waals surface area contributed by atoms with Gasteiger partial charge in [0.2, 0.25) is 5.91 Å². The fraction of sp³-hybridized carbons (Fsp3) is 0.842. The van der Waals surface area contributed by atoms with Gasteiger partial charge in [-0.2, -0.15) is 0 Å². The molecular formula is C19H32N2O6. The van der Waals surface area contributed by atoms with Crippen LogP contribution in [-0.2, 0) is 23.8 Å². The van der Waals surface area contributed by atoms with Crippen molar-refractivity contribution in [2.45, 2.75) is 65.3 Å². The molecule has 8 heteroatoms. The van der Waals surface area contributed by atoms with E-state index in [1.807, 2.05) is 0 Å². The van der Waals surface area contributed by atoms with Crippen LogP contribution in [0.15, 0.2) is 0 Å². The number of carbonyl (C=O) groups excluding carboxylic acids is 3. The molecule has 0 aromatic rings. The van der Waals surface area contributed by atoms with Crippen LogP contribution in [0.4, 0.5) is 4.79 Å². The number of alkyl carbamates (subject to hydrolysis) is 1. The highest BCUT2D eigenvalue weighted by atomic mass is 16.6.